The van der Waals surface area contributed by atoms with Gasteiger partial charge in [0.2, 0.25) is 11.8 Å². The van der Waals surface area contributed by atoms with Crippen LogP contribution in [0.5, 0.6) is 11.6 Å². The smallest absolute Gasteiger partial charge is 0.257 e. The second-order valence-corrected chi connectivity index (χ2v) is 8.83. The summed E-state index contributed by atoms with van der Waals surface area (Å²) in [4.78, 5) is 26.7. The minimum atomic E-state index is -0.0556. The highest BCUT2D eigenvalue weighted by molar-refractivity contribution is 5.94. The highest BCUT2D eigenvalue weighted by atomic mass is 16.5. The van der Waals surface area contributed by atoms with Gasteiger partial charge in [-0.3, -0.25) is 4.79 Å². The number of rotatable bonds is 4. The van der Waals surface area contributed by atoms with Crippen LogP contribution in [0.2, 0.25) is 0 Å². The van der Waals surface area contributed by atoms with Gasteiger partial charge in [-0.05, 0) is 49.4 Å². The minimum Gasteiger partial charge on any atom is -0.472 e. The van der Waals surface area contributed by atoms with Gasteiger partial charge in [0.25, 0.3) is 5.91 Å². The maximum Gasteiger partial charge on any atom is 0.257 e. The molecule has 7 heteroatoms. The average Bonchev–Trinajstić information content (AvgIpc) is 3.34. The highest BCUT2D eigenvalue weighted by Gasteiger charge is 2.29. The zero-order valence-corrected chi connectivity index (χ0v) is 18.6. The number of hydrogen-bond donors (Lipinski definition) is 0. The standard InChI is InChI=1S/C25H28N4O3/c1-17-6-10-28(11-7-17)25-26-22-8-12-29(24(30)19-9-13-31-16-19)15-21(22)23(27-25)32-20-5-3-4-18(2)14-20/h3-5,9,13-14,16-17H,6-8,10-12,15H2,1-2H3. The fourth-order valence-electron chi connectivity index (χ4n) is 4.34. The van der Waals surface area contributed by atoms with Gasteiger partial charge >= 0.3 is 0 Å². The van der Waals surface area contributed by atoms with Gasteiger partial charge < -0.3 is 19.0 Å². The average molecular weight is 433 g/mol. The Bertz CT molecular complexity index is 1100. The summed E-state index contributed by atoms with van der Waals surface area (Å²) in [7, 11) is 0. The zero-order valence-electron chi connectivity index (χ0n) is 18.6. The monoisotopic (exact) mass is 432 g/mol. The van der Waals surface area contributed by atoms with E-state index in [-0.39, 0.29) is 5.91 Å². The van der Waals surface area contributed by atoms with Gasteiger partial charge in [-0.1, -0.05) is 19.1 Å². The number of carbonyl (C=O) groups excluding carboxylic acids is 1. The molecule has 0 N–H and O–H groups in total. The lowest BCUT2D eigenvalue weighted by Crippen LogP contribution is -2.38. The molecule has 0 spiro atoms. The summed E-state index contributed by atoms with van der Waals surface area (Å²) in [5.41, 5.74) is 3.51. The molecule has 0 atom stereocenters. The molecule has 1 amide bonds. The summed E-state index contributed by atoms with van der Waals surface area (Å²) in [5.74, 6) is 2.68. The molecule has 1 saturated heterocycles. The van der Waals surface area contributed by atoms with Crippen LogP contribution in [0.25, 0.3) is 0 Å². The number of nitrogens with zero attached hydrogens (tertiary/aromatic N) is 4. The molecule has 1 aromatic carbocycles. The van der Waals surface area contributed by atoms with E-state index in [1.165, 1.54) is 12.5 Å². The van der Waals surface area contributed by atoms with Crippen molar-refractivity contribution in [1.29, 1.82) is 0 Å². The van der Waals surface area contributed by atoms with Crippen LogP contribution >= 0.6 is 0 Å². The predicted octanol–water partition coefficient (Wildman–Crippen LogP) is 4.61. The van der Waals surface area contributed by atoms with Crippen LogP contribution in [0.1, 0.15) is 46.9 Å². The van der Waals surface area contributed by atoms with Crippen LogP contribution in [-0.2, 0) is 13.0 Å². The number of aromatic nitrogens is 2. The molecule has 0 aliphatic carbocycles. The number of carbonyl (C=O) groups is 1. The first-order valence-corrected chi connectivity index (χ1v) is 11.3. The zero-order chi connectivity index (χ0) is 22.1. The number of piperidine rings is 1. The summed E-state index contributed by atoms with van der Waals surface area (Å²) in [6.45, 7) is 7.26. The fourth-order valence-corrected chi connectivity index (χ4v) is 4.34. The molecule has 0 unspecified atom stereocenters. The van der Waals surface area contributed by atoms with Gasteiger partial charge in [0, 0.05) is 26.1 Å². The summed E-state index contributed by atoms with van der Waals surface area (Å²) >= 11 is 0. The Balaban J connectivity index is 1.48. The summed E-state index contributed by atoms with van der Waals surface area (Å²) in [5, 5.41) is 0. The van der Waals surface area contributed by atoms with Crippen molar-refractivity contribution in [3.8, 4) is 11.6 Å². The summed E-state index contributed by atoms with van der Waals surface area (Å²) in [6, 6.07) is 9.63. The van der Waals surface area contributed by atoms with E-state index in [1.54, 1.807) is 6.07 Å². The Kier molecular flexibility index (Phi) is 5.55. The topological polar surface area (TPSA) is 71.7 Å². The first kappa shape index (κ1) is 20.5. The van der Waals surface area contributed by atoms with Crippen LogP contribution in [0.4, 0.5) is 5.95 Å². The van der Waals surface area contributed by atoms with Crippen LogP contribution in [-0.4, -0.2) is 40.4 Å². The van der Waals surface area contributed by atoms with Crippen molar-refractivity contribution in [2.75, 3.05) is 24.5 Å². The Hall–Kier alpha value is -3.35. The van der Waals surface area contributed by atoms with Crippen molar-refractivity contribution in [2.45, 2.75) is 39.7 Å². The van der Waals surface area contributed by atoms with E-state index in [0.29, 0.717) is 31.0 Å². The van der Waals surface area contributed by atoms with E-state index in [1.807, 2.05) is 36.1 Å². The van der Waals surface area contributed by atoms with E-state index in [4.69, 9.17) is 19.1 Å². The van der Waals surface area contributed by atoms with Gasteiger partial charge in [-0.25, -0.2) is 4.98 Å². The number of amides is 1. The SMILES string of the molecule is Cc1cccc(Oc2nc(N3CCC(C)CC3)nc3c2CN(C(=O)c2ccoc2)CC3)c1. The van der Waals surface area contributed by atoms with Crippen LogP contribution in [0.3, 0.4) is 0 Å². The molecule has 4 heterocycles. The fraction of sp³-hybridized carbons (Fsp3) is 0.400. The van der Waals surface area contributed by atoms with Crippen molar-refractivity contribution in [2.24, 2.45) is 5.92 Å². The quantitative estimate of drug-likeness (QED) is 0.600. The molecule has 0 radical (unpaired) electrons. The normalized spacial score (nSPS) is 16.7. The third kappa shape index (κ3) is 4.20. The molecule has 2 aliphatic heterocycles. The molecule has 0 saturated carbocycles. The Morgan fingerprint density at radius 3 is 2.75 bits per heavy atom. The van der Waals surface area contributed by atoms with Crippen molar-refractivity contribution in [3.63, 3.8) is 0 Å². The van der Waals surface area contributed by atoms with Gasteiger partial charge in [0.05, 0.1) is 29.6 Å². The summed E-state index contributed by atoms with van der Waals surface area (Å²) in [6.07, 6.45) is 5.96. The second kappa shape index (κ2) is 8.65. The number of aryl methyl sites for hydroxylation is 1. The number of ether oxygens (including phenoxy) is 1. The lowest BCUT2D eigenvalue weighted by molar-refractivity contribution is 0.0731. The first-order chi connectivity index (χ1) is 15.6. The van der Waals surface area contributed by atoms with Crippen LogP contribution in [0.15, 0.2) is 47.3 Å². The van der Waals surface area contributed by atoms with Gasteiger partial charge in [-0.2, -0.15) is 4.98 Å². The molecular formula is C25H28N4O3. The van der Waals surface area contributed by atoms with E-state index in [9.17, 15) is 4.79 Å². The molecule has 2 aromatic heterocycles. The molecule has 0 bridgehead atoms. The Morgan fingerprint density at radius 2 is 2.00 bits per heavy atom. The lowest BCUT2D eigenvalue weighted by Gasteiger charge is -2.33. The van der Waals surface area contributed by atoms with Crippen molar-refractivity contribution < 1.29 is 13.9 Å². The summed E-state index contributed by atoms with van der Waals surface area (Å²) < 4.78 is 11.4. The van der Waals surface area contributed by atoms with Crippen molar-refractivity contribution in [3.05, 3.63) is 65.2 Å². The van der Waals surface area contributed by atoms with Crippen LogP contribution in [0, 0.1) is 12.8 Å². The van der Waals surface area contributed by atoms with E-state index >= 15 is 0 Å². The number of anilines is 1. The third-order valence-corrected chi connectivity index (χ3v) is 6.34. The van der Waals surface area contributed by atoms with E-state index in [0.717, 1.165) is 60.4 Å². The molecule has 1 fully saturated rings. The van der Waals surface area contributed by atoms with Gasteiger partial charge in [-0.15, -0.1) is 0 Å². The van der Waals surface area contributed by atoms with Gasteiger partial charge in [0.1, 0.15) is 12.0 Å². The first-order valence-electron chi connectivity index (χ1n) is 11.3. The highest BCUT2D eigenvalue weighted by Crippen LogP contribution is 2.33. The number of furan rings is 1. The maximum absolute atomic E-state index is 12.9. The Labute approximate surface area is 188 Å². The molecule has 7 nitrogen and oxygen atoms in total. The molecule has 5 rings (SSSR count). The largest absolute Gasteiger partial charge is 0.472 e. The number of hydrogen-bond acceptors (Lipinski definition) is 6. The lowest BCUT2D eigenvalue weighted by atomic mass is 9.99. The van der Waals surface area contributed by atoms with E-state index in [2.05, 4.69) is 11.8 Å². The van der Waals surface area contributed by atoms with Crippen LogP contribution < -0.4 is 9.64 Å². The Morgan fingerprint density at radius 1 is 1.16 bits per heavy atom. The molecule has 2 aliphatic rings. The molecular weight excluding hydrogens is 404 g/mol. The predicted molar refractivity (Wildman–Crippen MR) is 121 cm³/mol. The number of fused-ring (bicyclic) bond motifs is 1. The minimum absolute atomic E-state index is 0.0556. The number of benzene rings is 1. The molecule has 3 aromatic rings. The third-order valence-electron chi connectivity index (χ3n) is 6.34. The van der Waals surface area contributed by atoms with Crippen molar-refractivity contribution in [1.82, 2.24) is 14.9 Å². The molecule has 32 heavy (non-hydrogen) atoms. The second-order valence-electron chi connectivity index (χ2n) is 8.83. The molecule has 166 valence electrons. The van der Waals surface area contributed by atoms with E-state index < -0.39 is 0 Å². The van der Waals surface area contributed by atoms with Gasteiger partial charge in [0.15, 0.2) is 0 Å². The van der Waals surface area contributed by atoms with Crippen molar-refractivity contribution >= 4 is 11.9 Å². The maximum atomic E-state index is 12.9.